The van der Waals surface area contributed by atoms with Crippen LogP contribution < -0.4 is 19.9 Å². The number of nitrogens with two attached hydrogens (primary N) is 1. The van der Waals surface area contributed by atoms with E-state index < -0.39 is 17.8 Å². The van der Waals surface area contributed by atoms with Crippen molar-refractivity contribution >= 4 is 23.7 Å². The molecule has 0 fully saturated rings. The van der Waals surface area contributed by atoms with Crippen LogP contribution in [0.3, 0.4) is 0 Å². The molecule has 2 N–H and O–H groups in total. The van der Waals surface area contributed by atoms with Gasteiger partial charge in [-0.3, -0.25) is 19.4 Å². The van der Waals surface area contributed by atoms with Crippen LogP contribution in [0, 0.1) is 0 Å². The minimum absolute atomic E-state index is 0.0575. The van der Waals surface area contributed by atoms with Crippen molar-refractivity contribution in [2.24, 2.45) is 5.73 Å². The summed E-state index contributed by atoms with van der Waals surface area (Å²) in [5, 5.41) is 0. The van der Waals surface area contributed by atoms with Crippen LogP contribution in [-0.4, -0.2) is 29.3 Å². The molecular weight excluding hydrogens is 424 g/mol. The minimum atomic E-state index is -0.593. The number of pyridine rings is 1. The number of amides is 1. The Morgan fingerprint density at radius 1 is 1.15 bits per heavy atom. The highest BCUT2D eigenvalue weighted by atomic mass is 16.5. The maximum Gasteiger partial charge on any atom is 0.312 e. The van der Waals surface area contributed by atoms with Crippen LogP contribution in [0.4, 0.5) is 0 Å². The highest BCUT2D eigenvalue weighted by molar-refractivity contribution is 6.15. The van der Waals surface area contributed by atoms with Crippen LogP contribution in [-0.2, 0) is 9.59 Å². The predicted octanol–water partition coefficient (Wildman–Crippen LogP) is 3.00. The van der Waals surface area contributed by atoms with E-state index in [0.717, 1.165) is 11.1 Å². The molecule has 2 aliphatic rings. The smallest absolute Gasteiger partial charge is 0.312 e. The molecule has 1 atom stereocenters. The molecule has 0 bridgehead atoms. The number of ketones is 1. The standard InChI is InChI=1S/C25H18N2O6/c26-21(28)13-31-16-5-1-4-15(10-16)18-11-22(29)32-19-7-6-17-24(30)20(33-25(17)23(18)19)9-14-3-2-8-27-12-14/h1-10,12,18H,11,13H2,(H2,26,28)/b20-9-/t18-/m1/s1. The van der Waals surface area contributed by atoms with E-state index in [1.54, 1.807) is 54.9 Å². The number of carbonyl (C=O) groups excluding carboxylic acids is 3. The molecular formula is C25H18N2O6. The van der Waals surface area contributed by atoms with Crippen LogP contribution >= 0.6 is 0 Å². The van der Waals surface area contributed by atoms with Gasteiger partial charge in [0.25, 0.3) is 5.91 Å². The summed E-state index contributed by atoms with van der Waals surface area (Å²) in [5.41, 5.74) is 7.65. The van der Waals surface area contributed by atoms with Gasteiger partial charge in [0.2, 0.25) is 5.78 Å². The summed E-state index contributed by atoms with van der Waals surface area (Å²) in [6.07, 6.45) is 4.96. The van der Waals surface area contributed by atoms with Gasteiger partial charge in [-0.25, -0.2) is 0 Å². The van der Waals surface area contributed by atoms with E-state index in [1.165, 1.54) is 0 Å². The van der Waals surface area contributed by atoms with Crippen molar-refractivity contribution in [1.29, 1.82) is 0 Å². The average molecular weight is 442 g/mol. The van der Waals surface area contributed by atoms with Gasteiger partial charge in [0.1, 0.15) is 17.2 Å². The summed E-state index contributed by atoms with van der Waals surface area (Å²) >= 11 is 0. The van der Waals surface area contributed by atoms with Crippen LogP contribution in [0.5, 0.6) is 17.2 Å². The Labute approximate surface area is 188 Å². The second kappa shape index (κ2) is 8.23. The largest absolute Gasteiger partial charge is 0.484 e. The van der Waals surface area contributed by atoms with Gasteiger partial charge in [0.15, 0.2) is 12.4 Å². The molecule has 0 saturated carbocycles. The third-order valence-electron chi connectivity index (χ3n) is 5.40. The number of Topliss-reactive ketones (excluding diaryl/α,β-unsaturated/α-hetero) is 1. The van der Waals surface area contributed by atoms with Crippen LogP contribution in [0.1, 0.15) is 39.4 Å². The summed E-state index contributed by atoms with van der Waals surface area (Å²) in [6.45, 7) is -0.262. The molecule has 0 radical (unpaired) electrons. The second-order valence-corrected chi connectivity index (χ2v) is 7.64. The summed E-state index contributed by atoms with van der Waals surface area (Å²) in [6, 6.07) is 13.8. The highest BCUT2D eigenvalue weighted by Gasteiger charge is 2.38. The van der Waals surface area contributed by atoms with Gasteiger partial charge in [-0.2, -0.15) is 0 Å². The molecule has 33 heavy (non-hydrogen) atoms. The lowest BCUT2D eigenvalue weighted by Gasteiger charge is -2.26. The third-order valence-corrected chi connectivity index (χ3v) is 5.40. The number of primary amides is 1. The Hall–Kier alpha value is -4.46. The molecule has 8 nitrogen and oxygen atoms in total. The van der Waals surface area contributed by atoms with E-state index in [9.17, 15) is 14.4 Å². The average Bonchev–Trinajstić information content (AvgIpc) is 3.13. The molecule has 0 spiro atoms. The van der Waals surface area contributed by atoms with E-state index in [2.05, 4.69) is 4.98 Å². The Balaban J connectivity index is 1.56. The van der Waals surface area contributed by atoms with Gasteiger partial charge in [0.05, 0.1) is 12.0 Å². The Kier molecular flexibility index (Phi) is 5.10. The first kappa shape index (κ1) is 20.4. The fourth-order valence-electron chi connectivity index (χ4n) is 3.98. The number of benzene rings is 2. The van der Waals surface area contributed by atoms with Crippen molar-refractivity contribution in [2.75, 3.05) is 6.61 Å². The first-order chi connectivity index (χ1) is 16.0. The molecule has 0 aliphatic carbocycles. The van der Waals surface area contributed by atoms with Gasteiger partial charge < -0.3 is 19.9 Å². The maximum absolute atomic E-state index is 13.0. The van der Waals surface area contributed by atoms with Crippen molar-refractivity contribution in [1.82, 2.24) is 4.98 Å². The lowest BCUT2D eigenvalue weighted by molar-refractivity contribution is -0.135. The normalized spacial score (nSPS) is 17.7. The van der Waals surface area contributed by atoms with Crippen LogP contribution in [0.2, 0.25) is 0 Å². The molecule has 5 rings (SSSR count). The van der Waals surface area contributed by atoms with Gasteiger partial charge in [-0.05, 0) is 47.5 Å². The number of nitrogens with zero attached hydrogens (tertiary/aromatic N) is 1. The number of fused-ring (bicyclic) bond motifs is 3. The zero-order valence-electron chi connectivity index (χ0n) is 17.3. The van der Waals surface area contributed by atoms with Gasteiger partial charge in [-0.15, -0.1) is 0 Å². The van der Waals surface area contributed by atoms with Crippen LogP contribution in [0.15, 0.2) is 66.7 Å². The summed E-state index contributed by atoms with van der Waals surface area (Å²) in [5.74, 6) is -0.364. The lowest BCUT2D eigenvalue weighted by Crippen LogP contribution is -2.22. The zero-order valence-corrected chi connectivity index (χ0v) is 17.3. The SMILES string of the molecule is NC(=O)COc1cccc([C@H]2CC(=O)Oc3ccc4c(c32)O/C(=C\c2cccnc2)C4=O)c1. The van der Waals surface area contributed by atoms with Crippen molar-refractivity contribution in [2.45, 2.75) is 12.3 Å². The number of allylic oxidation sites excluding steroid dienone is 1. The van der Waals surface area contributed by atoms with Gasteiger partial charge in [-0.1, -0.05) is 18.2 Å². The molecule has 3 heterocycles. The van der Waals surface area contributed by atoms with Crippen LogP contribution in [0.25, 0.3) is 6.08 Å². The minimum Gasteiger partial charge on any atom is -0.484 e. The molecule has 0 saturated heterocycles. The lowest BCUT2D eigenvalue weighted by atomic mass is 9.84. The number of aromatic nitrogens is 1. The van der Waals surface area contributed by atoms with E-state index in [0.29, 0.717) is 28.4 Å². The zero-order chi connectivity index (χ0) is 22.9. The summed E-state index contributed by atoms with van der Waals surface area (Å²) in [4.78, 5) is 40.5. The van der Waals surface area contributed by atoms with E-state index >= 15 is 0 Å². The Morgan fingerprint density at radius 3 is 2.82 bits per heavy atom. The molecule has 2 aromatic carbocycles. The molecule has 2 aliphatic heterocycles. The number of rotatable bonds is 5. The maximum atomic E-state index is 13.0. The number of hydrogen-bond acceptors (Lipinski definition) is 7. The van der Waals surface area contributed by atoms with Gasteiger partial charge in [0, 0.05) is 23.9 Å². The summed E-state index contributed by atoms with van der Waals surface area (Å²) in [7, 11) is 0. The van der Waals surface area contributed by atoms with E-state index in [1.807, 2.05) is 12.1 Å². The number of hydrogen-bond donors (Lipinski definition) is 1. The fourth-order valence-corrected chi connectivity index (χ4v) is 3.98. The predicted molar refractivity (Wildman–Crippen MR) is 117 cm³/mol. The second-order valence-electron chi connectivity index (χ2n) is 7.64. The topological polar surface area (TPSA) is 118 Å². The monoisotopic (exact) mass is 442 g/mol. The van der Waals surface area contributed by atoms with Crippen molar-refractivity contribution in [3.63, 3.8) is 0 Å². The highest BCUT2D eigenvalue weighted by Crippen LogP contribution is 2.49. The Bertz CT molecular complexity index is 1320. The Morgan fingerprint density at radius 2 is 2.03 bits per heavy atom. The first-order valence-electron chi connectivity index (χ1n) is 10.2. The first-order valence-corrected chi connectivity index (χ1v) is 10.2. The van der Waals surface area contributed by atoms with Gasteiger partial charge >= 0.3 is 5.97 Å². The molecule has 8 heteroatoms. The van der Waals surface area contributed by atoms with Crippen molar-refractivity contribution in [3.05, 3.63) is 88.9 Å². The summed E-state index contributed by atoms with van der Waals surface area (Å²) < 4.78 is 16.9. The number of carbonyl (C=O) groups is 3. The number of esters is 1. The van der Waals surface area contributed by atoms with Crippen molar-refractivity contribution in [3.8, 4) is 17.2 Å². The van der Waals surface area contributed by atoms with Crippen molar-refractivity contribution < 1.29 is 28.6 Å². The van der Waals surface area contributed by atoms with E-state index in [-0.39, 0.29) is 24.6 Å². The molecule has 164 valence electrons. The third kappa shape index (κ3) is 3.94. The molecule has 3 aromatic rings. The molecule has 1 amide bonds. The quantitative estimate of drug-likeness (QED) is 0.367. The fraction of sp³-hybridized carbons (Fsp3) is 0.120. The number of ether oxygens (including phenoxy) is 3. The molecule has 0 unspecified atom stereocenters. The van der Waals surface area contributed by atoms with E-state index in [4.69, 9.17) is 19.9 Å². The molecule has 1 aromatic heterocycles.